The highest BCUT2D eigenvalue weighted by Crippen LogP contribution is 2.26. The second-order valence-corrected chi connectivity index (χ2v) is 4.84. The van der Waals surface area contributed by atoms with Crippen LogP contribution in [0.25, 0.3) is 5.69 Å². The number of benzene rings is 1. The average molecular weight is 320 g/mol. The summed E-state index contributed by atoms with van der Waals surface area (Å²) in [5, 5.41) is 5.09. The summed E-state index contributed by atoms with van der Waals surface area (Å²) in [5.41, 5.74) is 0.762. The van der Waals surface area contributed by atoms with Crippen molar-refractivity contribution in [2.75, 3.05) is 6.61 Å². The Balaban J connectivity index is 2.44. The highest BCUT2D eigenvalue weighted by atomic mass is 35.5. The van der Waals surface area contributed by atoms with E-state index in [4.69, 9.17) is 39.5 Å². The number of nitrogens with zero attached hydrogens (tertiary/aromatic N) is 2. The normalized spacial score (nSPS) is 10.5. The topological polar surface area (TPSA) is 44.1 Å². The standard InChI is InChI=1S/C12H9Cl3N2O2/c1-2-19-12(18)10-6-16-17(11(10)15)9-4-7(13)3-8(14)5-9/h3-6H,2H2,1H3. The third-order valence-corrected chi connectivity index (χ3v) is 3.10. The van der Waals surface area contributed by atoms with Crippen molar-refractivity contribution in [1.29, 1.82) is 0 Å². The van der Waals surface area contributed by atoms with Crippen LogP contribution in [0.1, 0.15) is 17.3 Å². The lowest BCUT2D eigenvalue weighted by atomic mass is 10.3. The molecule has 0 saturated carbocycles. The average Bonchev–Trinajstić information content (AvgIpc) is 2.70. The van der Waals surface area contributed by atoms with Crippen molar-refractivity contribution in [2.24, 2.45) is 0 Å². The van der Waals surface area contributed by atoms with Crippen molar-refractivity contribution in [2.45, 2.75) is 6.92 Å². The van der Waals surface area contributed by atoms with E-state index in [0.29, 0.717) is 15.7 Å². The molecule has 7 heteroatoms. The molecule has 0 aliphatic heterocycles. The molecule has 0 atom stereocenters. The van der Waals surface area contributed by atoms with Crippen molar-refractivity contribution in [3.8, 4) is 5.69 Å². The number of halogens is 3. The lowest BCUT2D eigenvalue weighted by Crippen LogP contribution is -2.04. The molecular formula is C12H9Cl3N2O2. The van der Waals surface area contributed by atoms with Crippen molar-refractivity contribution in [1.82, 2.24) is 9.78 Å². The van der Waals surface area contributed by atoms with E-state index in [0.717, 1.165) is 0 Å². The van der Waals surface area contributed by atoms with Crippen LogP contribution in [0, 0.1) is 0 Å². The SMILES string of the molecule is CCOC(=O)c1cnn(-c2cc(Cl)cc(Cl)c2)c1Cl. The maximum absolute atomic E-state index is 11.6. The second-order valence-electron chi connectivity index (χ2n) is 3.61. The van der Waals surface area contributed by atoms with Crippen LogP contribution in [-0.2, 0) is 4.74 Å². The summed E-state index contributed by atoms with van der Waals surface area (Å²) >= 11 is 17.9. The van der Waals surface area contributed by atoms with Gasteiger partial charge in [-0.2, -0.15) is 5.10 Å². The number of esters is 1. The van der Waals surface area contributed by atoms with E-state index in [-0.39, 0.29) is 17.3 Å². The van der Waals surface area contributed by atoms with Gasteiger partial charge in [-0.05, 0) is 25.1 Å². The Labute approximate surface area is 124 Å². The van der Waals surface area contributed by atoms with Crippen LogP contribution in [0.4, 0.5) is 0 Å². The summed E-state index contributed by atoms with van der Waals surface area (Å²) in [6.07, 6.45) is 1.34. The van der Waals surface area contributed by atoms with Crippen molar-refractivity contribution < 1.29 is 9.53 Å². The maximum Gasteiger partial charge on any atom is 0.342 e. The van der Waals surface area contributed by atoms with Gasteiger partial charge in [0.05, 0.1) is 18.5 Å². The third-order valence-electron chi connectivity index (χ3n) is 2.30. The highest BCUT2D eigenvalue weighted by molar-refractivity contribution is 6.35. The lowest BCUT2D eigenvalue weighted by molar-refractivity contribution is 0.0526. The van der Waals surface area contributed by atoms with E-state index < -0.39 is 5.97 Å². The van der Waals surface area contributed by atoms with E-state index in [1.165, 1.54) is 10.9 Å². The summed E-state index contributed by atoms with van der Waals surface area (Å²) in [6, 6.07) is 4.87. The zero-order valence-corrected chi connectivity index (χ0v) is 12.1. The molecule has 0 fully saturated rings. The van der Waals surface area contributed by atoms with E-state index in [2.05, 4.69) is 5.10 Å². The molecule has 2 rings (SSSR count). The van der Waals surface area contributed by atoms with Gasteiger partial charge in [0.1, 0.15) is 10.7 Å². The fourth-order valence-electron chi connectivity index (χ4n) is 1.52. The fourth-order valence-corrected chi connectivity index (χ4v) is 2.30. The first-order chi connectivity index (χ1) is 9.02. The first kappa shape index (κ1) is 14.2. The summed E-state index contributed by atoms with van der Waals surface area (Å²) in [7, 11) is 0. The van der Waals surface area contributed by atoms with Crippen LogP contribution in [-0.4, -0.2) is 22.4 Å². The Morgan fingerprint density at radius 3 is 2.47 bits per heavy atom. The molecule has 1 heterocycles. The summed E-state index contributed by atoms with van der Waals surface area (Å²) < 4.78 is 6.24. The zero-order chi connectivity index (χ0) is 14.0. The van der Waals surface area contributed by atoms with E-state index in [9.17, 15) is 4.79 Å². The Kier molecular flexibility index (Phi) is 4.34. The lowest BCUT2D eigenvalue weighted by Gasteiger charge is -2.05. The van der Waals surface area contributed by atoms with E-state index in [1.807, 2.05) is 0 Å². The Morgan fingerprint density at radius 1 is 1.26 bits per heavy atom. The molecule has 0 aliphatic rings. The van der Waals surface area contributed by atoms with Gasteiger partial charge < -0.3 is 4.74 Å². The molecule has 0 unspecified atom stereocenters. The predicted octanol–water partition coefficient (Wildman–Crippen LogP) is 4.01. The summed E-state index contributed by atoms with van der Waals surface area (Å²) in [4.78, 5) is 11.6. The van der Waals surface area contributed by atoms with Gasteiger partial charge in [0.25, 0.3) is 0 Å². The molecule has 1 aromatic carbocycles. The quantitative estimate of drug-likeness (QED) is 0.803. The van der Waals surface area contributed by atoms with Crippen LogP contribution >= 0.6 is 34.8 Å². The van der Waals surface area contributed by atoms with Gasteiger partial charge in [-0.15, -0.1) is 0 Å². The smallest absolute Gasteiger partial charge is 0.342 e. The molecule has 0 saturated heterocycles. The van der Waals surface area contributed by atoms with Crippen LogP contribution in [0.15, 0.2) is 24.4 Å². The van der Waals surface area contributed by atoms with Gasteiger partial charge in [0, 0.05) is 10.0 Å². The predicted molar refractivity (Wildman–Crippen MR) is 74.6 cm³/mol. The number of carbonyl (C=O) groups excluding carboxylic acids is 1. The Morgan fingerprint density at radius 2 is 1.89 bits per heavy atom. The van der Waals surface area contributed by atoms with E-state index >= 15 is 0 Å². The van der Waals surface area contributed by atoms with E-state index in [1.54, 1.807) is 25.1 Å². The zero-order valence-electron chi connectivity index (χ0n) is 9.86. The molecule has 0 bridgehead atoms. The van der Waals surface area contributed by atoms with Gasteiger partial charge >= 0.3 is 5.97 Å². The second kappa shape index (κ2) is 5.82. The molecule has 4 nitrogen and oxygen atoms in total. The number of rotatable bonds is 3. The summed E-state index contributed by atoms with van der Waals surface area (Å²) in [6.45, 7) is 1.98. The molecule has 0 radical (unpaired) electrons. The fraction of sp³-hybridized carbons (Fsp3) is 0.167. The minimum Gasteiger partial charge on any atom is -0.462 e. The largest absolute Gasteiger partial charge is 0.462 e. The summed E-state index contributed by atoms with van der Waals surface area (Å²) in [5.74, 6) is -0.521. The minimum absolute atomic E-state index is 0.150. The molecule has 19 heavy (non-hydrogen) atoms. The number of carbonyl (C=O) groups is 1. The van der Waals surface area contributed by atoms with Gasteiger partial charge in [-0.1, -0.05) is 34.8 Å². The third kappa shape index (κ3) is 3.03. The van der Waals surface area contributed by atoms with Crippen LogP contribution in [0.2, 0.25) is 15.2 Å². The molecule has 1 aromatic heterocycles. The highest BCUT2D eigenvalue weighted by Gasteiger charge is 2.18. The van der Waals surface area contributed by atoms with Gasteiger partial charge in [0.15, 0.2) is 0 Å². The number of hydrogen-bond donors (Lipinski definition) is 0. The number of hydrogen-bond acceptors (Lipinski definition) is 3. The Bertz CT molecular complexity index is 605. The molecule has 0 spiro atoms. The monoisotopic (exact) mass is 318 g/mol. The van der Waals surface area contributed by atoms with Gasteiger partial charge in [-0.3, -0.25) is 0 Å². The first-order valence-corrected chi connectivity index (χ1v) is 6.53. The van der Waals surface area contributed by atoms with Crippen LogP contribution < -0.4 is 0 Å². The molecule has 100 valence electrons. The maximum atomic E-state index is 11.6. The first-order valence-electron chi connectivity index (χ1n) is 5.40. The van der Waals surface area contributed by atoms with Crippen LogP contribution in [0.5, 0.6) is 0 Å². The Hall–Kier alpha value is -1.23. The van der Waals surface area contributed by atoms with Gasteiger partial charge in [-0.25, -0.2) is 9.48 Å². The number of ether oxygens (including phenoxy) is 1. The van der Waals surface area contributed by atoms with Gasteiger partial charge in [0.2, 0.25) is 0 Å². The van der Waals surface area contributed by atoms with Crippen molar-refractivity contribution >= 4 is 40.8 Å². The molecular weight excluding hydrogens is 311 g/mol. The van der Waals surface area contributed by atoms with Crippen LogP contribution in [0.3, 0.4) is 0 Å². The molecule has 0 N–H and O–H groups in total. The van der Waals surface area contributed by atoms with Crippen molar-refractivity contribution in [3.05, 3.63) is 45.2 Å². The molecule has 0 amide bonds. The number of aromatic nitrogens is 2. The van der Waals surface area contributed by atoms with Crippen molar-refractivity contribution in [3.63, 3.8) is 0 Å². The molecule has 2 aromatic rings. The molecule has 0 aliphatic carbocycles. The minimum atomic E-state index is -0.521.